The smallest absolute Gasteiger partial charge is 0.409 e. The maximum Gasteiger partial charge on any atom is 0.409 e. The van der Waals surface area contributed by atoms with E-state index in [-0.39, 0.29) is 17.7 Å². The van der Waals surface area contributed by atoms with Crippen molar-refractivity contribution in [2.24, 2.45) is 0 Å². The molecule has 0 radical (unpaired) electrons. The van der Waals surface area contributed by atoms with Crippen molar-refractivity contribution in [1.82, 2.24) is 14.9 Å². The molecule has 0 saturated carbocycles. The fraction of sp³-hybridized carbons (Fsp3) is 0.400. The van der Waals surface area contributed by atoms with Crippen LogP contribution in [0, 0.1) is 6.92 Å². The Morgan fingerprint density at radius 1 is 1.14 bits per heavy atom. The Kier molecular flexibility index (Phi) is 6.48. The van der Waals surface area contributed by atoms with Gasteiger partial charge in [-0.05, 0) is 32.0 Å². The van der Waals surface area contributed by atoms with Crippen molar-refractivity contribution in [3.05, 3.63) is 41.7 Å². The van der Waals surface area contributed by atoms with E-state index in [4.69, 9.17) is 9.47 Å². The molecule has 1 N–H and O–H groups in total. The minimum absolute atomic E-state index is 0.270. The van der Waals surface area contributed by atoms with Crippen LogP contribution < -0.4 is 15.0 Å². The summed E-state index contributed by atoms with van der Waals surface area (Å²) in [7, 11) is 1.55. The number of amides is 2. The molecule has 9 heteroatoms. The topological polar surface area (TPSA) is 96.9 Å². The lowest BCUT2D eigenvalue weighted by Gasteiger charge is -2.34. The number of hydrogen-bond donors (Lipinski definition) is 1. The summed E-state index contributed by atoms with van der Waals surface area (Å²) >= 11 is 0. The van der Waals surface area contributed by atoms with Crippen molar-refractivity contribution in [3.8, 4) is 5.75 Å². The third-order valence-electron chi connectivity index (χ3n) is 4.52. The van der Waals surface area contributed by atoms with E-state index in [0.29, 0.717) is 55.9 Å². The molecule has 1 aliphatic heterocycles. The molecule has 3 rings (SSSR count). The highest BCUT2D eigenvalue weighted by atomic mass is 16.6. The van der Waals surface area contributed by atoms with Crippen LogP contribution in [0.15, 0.2) is 30.3 Å². The number of methoxy groups -OCH3 is 1. The average molecular weight is 399 g/mol. The van der Waals surface area contributed by atoms with Gasteiger partial charge in [0.2, 0.25) is 5.95 Å². The molecule has 29 heavy (non-hydrogen) atoms. The fourth-order valence-corrected chi connectivity index (χ4v) is 3.05. The molecule has 9 nitrogen and oxygen atoms in total. The number of benzene rings is 1. The van der Waals surface area contributed by atoms with Gasteiger partial charge in [0, 0.05) is 31.9 Å². The van der Waals surface area contributed by atoms with Crippen LogP contribution in [0.4, 0.5) is 16.4 Å². The third kappa shape index (κ3) is 4.92. The number of carbonyl (C=O) groups excluding carboxylic acids is 2. The zero-order chi connectivity index (χ0) is 20.8. The van der Waals surface area contributed by atoms with Gasteiger partial charge in [0.1, 0.15) is 11.4 Å². The number of anilines is 2. The molecule has 0 bridgehead atoms. The molecule has 2 amide bonds. The Bertz CT molecular complexity index is 881. The summed E-state index contributed by atoms with van der Waals surface area (Å²) in [5.41, 5.74) is 1.53. The first-order chi connectivity index (χ1) is 14.0. The van der Waals surface area contributed by atoms with E-state index in [0.717, 1.165) is 0 Å². The first-order valence-electron chi connectivity index (χ1n) is 9.48. The van der Waals surface area contributed by atoms with Crippen molar-refractivity contribution < 1.29 is 19.1 Å². The maximum atomic E-state index is 12.7. The Balaban J connectivity index is 1.72. The van der Waals surface area contributed by atoms with E-state index in [1.807, 2.05) is 24.0 Å². The van der Waals surface area contributed by atoms with Gasteiger partial charge in [0.15, 0.2) is 0 Å². The maximum absolute atomic E-state index is 12.7. The minimum atomic E-state index is -0.341. The van der Waals surface area contributed by atoms with Crippen LogP contribution in [0.2, 0.25) is 0 Å². The highest BCUT2D eigenvalue weighted by molar-refractivity contribution is 6.03. The van der Waals surface area contributed by atoms with E-state index in [1.165, 1.54) is 0 Å². The van der Waals surface area contributed by atoms with Gasteiger partial charge < -0.3 is 24.6 Å². The summed E-state index contributed by atoms with van der Waals surface area (Å²) in [6, 6.07) is 8.83. The summed E-state index contributed by atoms with van der Waals surface area (Å²) < 4.78 is 10.3. The van der Waals surface area contributed by atoms with E-state index in [2.05, 4.69) is 15.3 Å². The number of aryl methyl sites for hydroxylation is 1. The second kappa shape index (κ2) is 9.22. The molecule has 1 aromatic carbocycles. The fourth-order valence-electron chi connectivity index (χ4n) is 3.05. The third-order valence-corrected chi connectivity index (χ3v) is 4.52. The molecule has 0 atom stereocenters. The lowest BCUT2D eigenvalue weighted by Crippen LogP contribution is -2.49. The second-order valence-corrected chi connectivity index (χ2v) is 6.52. The Morgan fingerprint density at radius 2 is 1.86 bits per heavy atom. The summed E-state index contributed by atoms with van der Waals surface area (Å²) in [6.07, 6.45) is -0.311. The first-order valence-corrected chi connectivity index (χ1v) is 9.48. The number of aromatic nitrogens is 2. The van der Waals surface area contributed by atoms with Crippen molar-refractivity contribution >= 4 is 23.6 Å². The van der Waals surface area contributed by atoms with Crippen LogP contribution in [-0.4, -0.2) is 66.8 Å². The predicted octanol–water partition coefficient (Wildman–Crippen LogP) is 2.32. The van der Waals surface area contributed by atoms with Crippen LogP contribution in [0.5, 0.6) is 5.75 Å². The number of nitrogens with zero attached hydrogens (tertiary/aromatic N) is 4. The van der Waals surface area contributed by atoms with Gasteiger partial charge in [0.05, 0.1) is 19.4 Å². The number of hydrogen-bond acceptors (Lipinski definition) is 7. The van der Waals surface area contributed by atoms with Gasteiger partial charge in [-0.25, -0.2) is 14.8 Å². The van der Waals surface area contributed by atoms with Crippen LogP contribution >= 0.6 is 0 Å². The highest BCUT2D eigenvalue weighted by Crippen LogP contribution is 2.24. The van der Waals surface area contributed by atoms with Gasteiger partial charge in [-0.15, -0.1) is 0 Å². The lowest BCUT2D eigenvalue weighted by molar-refractivity contribution is 0.102. The number of nitrogens with one attached hydrogen (secondary N) is 1. The van der Waals surface area contributed by atoms with E-state index in [9.17, 15) is 9.59 Å². The normalized spacial score (nSPS) is 13.8. The van der Waals surface area contributed by atoms with Crippen LogP contribution in [0.3, 0.4) is 0 Å². The zero-order valence-corrected chi connectivity index (χ0v) is 16.8. The van der Waals surface area contributed by atoms with Gasteiger partial charge in [-0.1, -0.05) is 12.1 Å². The molecule has 0 spiro atoms. The van der Waals surface area contributed by atoms with Crippen LogP contribution in [0.1, 0.15) is 23.1 Å². The number of piperazine rings is 1. The molecule has 2 heterocycles. The van der Waals surface area contributed by atoms with Crippen LogP contribution in [0.25, 0.3) is 0 Å². The summed E-state index contributed by atoms with van der Waals surface area (Å²) in [5.74, 6) is 0.701. The van der Waals surface area contributed by atoms with Gasteiger partial charge in [-0.3, -0.25) is 4.79 Å². The molecule has 1 aromatic heterocycles. The molecular weight excluding hydrogens is 374 g/mol. The van der Waals surface area contributed by atoms with Crippen molar-refractivity contribution in [2.45, 2.75) is 13.8 Å². The largest absolute Gasteiger partial charge is 0.495 e. The van der Waals surface area contributed by atoms with Gasteiger partial charge >= 0.3 is 6.09 Å². The summed E-state index contributed by atoms with van der Waals surface area (Å²) in [5, 5.41) is 2.83. The van der Waals surface area contributed by atoms with E-state index < -0.39 is 0 Å². The first kappa shape index (κ1) is 20.4. The Labute approximate surface area is 169 Å². The lowest BCUT2D eigenvalue weighted by atomic mass is 10.2. The summed E-state index contributed by atoms with van der Waals surface area (Å²) in [4.78, 5) is 37.1. The SMILES string of the molecule is CCOC(=O)N1CCN(c2nc(C)cc(C(=O)Nc3ccccc3OC)n2)CC1. The van der Waals surface area contributed by atoms with Crippen molar-refractivity contribution in [1.29, 1.82) is 0 Å². The minimum Gasteiger partial charge on any atom is -0.495 e. The van der Waals surface area contributed by atoms with Gasteiger partial charge in [-0.2, -0.15) is 0 Å². The quantitative estimate of drug-likeness (QED) is 0.824. The van der Waals surface area contributed by atoms with E-state index >= 15 is 0 Å². The molecule has 1 fully saturated rings. The Hall–Kier alpha value is -3.36. The number of carbonyl (C=O) groups is 2. The standard InChI is InChI=1S/C20H25N5O4/c1-4-29-20(27)25-11-9-24(10-12-25)19-21-14(2)13-16(23-19)18(26)22-15-7-5-6-8-17(15)28-3/h5-8,13H,4,9-12H2,1-3H3,(H,22,26). The molecule has 1 aliphatic rings. The van der Waals surface area contributed by atoms with Gasteiger partial charge in [0.25, 0.3) is 5.91 Å². The summed E-state index contributed by atoms with van der Waals surface area (Å²) in [6.45, 7) is 6.11. The molecule has 154 valence electrons. The monoisotopic (exact) mass is 399 g/mol. The van der Waals surface area contributed by atoms with Crippen molar-refractivity contribution in [2.75, 3.05) is 50.1 Å². The molecule has 0 aliphatic carbocycles. The number of rotatable bonds is 5. The highest BCUT2D eigenvalue weighted by Gasteiger charge is 2.24. The number of ether oxygens (including phenoxy) is 2. The van der Waals surface area contributed by atoms with E-state index in [1.54, 1.807) is 37.1 Å². The number of para-hydroxylation sites is 2. The van der Waals surface area contributed by atoms with Crippen LogP contribution in [-0.2, 0) is 4.74 Å². The van der Waals surface area contributed by atoms with Crippen molar-refractivity contribution in [3.63, 3.8) is 0 Å². The molecule has 0 unspecified atom stereocenters. The Morgan fingerprint density at radius 3 is 2.55 bits per heavy atom. The predicted molar refractivity (Wildman–Crippen MR) is 109 cm³/mol. The second-order valence-electron chi connectivity index (χ2n) is 6.52. The molecule has 1 saturated heterocycles. The average Bonchev–Trinajstić information content (AvgIpc) is 2.74. The molecule has 2 aromatic rings. The zero-order valence-electron chi connectivity index (χ0n) is 16.8. The molecular formula is C20H25N5O4.